The van der Waals surface area contributed by atoms with Crippen molar-refractivity contribution >= 4 is 151 Å². The molecule has 0 N–H and O–H groups in total. The lowest BCUT2D eigenvalue weighted by molar-refractivity contribution is 0.590. The minimum atomic E-state index is 0.0165. The molecule has 0 radical (unpaired) electrons. The van der Waals surface area contributed by atoms with Crippen molar-refractivity contribution in [3.05, 3.63) is 143 Å². The van der Waals surface area contributed by atoms with Crippen LogP contribution in [0.4, 0.5) is 0 Å². The topological polar surface area (TPSA) is 0 Å². The summed E-state index contributed by atoms with van der Waals surface area (Å²) < 4.78 is 0. The summed E-state index contributed by atoms with van der Waals surface area (Å²) in [5.41, 5.74) is 7.32. The van der Waals surface area contributed by atoms with E-state index in [4.69, 9.17) is 0 Å². The first kappa shape index (κ1) is 41.1. The summed E-state index contributed by atoms with van der Waals surface area (Å²) in [5.74, 6) is 0.639. The summed E-state index contributed by atoms with van der Waals surface area (Å²) in [6.45, 7) is 31.1. The highest BCUT2D eigenvalue weighted by molar-refractivity contribution is 6.50. The van der Waals surface area contributed by atoms with E-state index in [-0.39, 0.29) is 16.2 Å². The van der Waals surface area contributed by atoms with Crippen molar-refractivity contribution in [2.75, 3.05) is 0 Å². The Morgan fingerprint density at radius 3 is 0.986 bits per heavy atom. The van der Waals surface area contributed by atoms with E-state index in [1.165, 1.54) is 179 Å². The van der Waals surface area contributed by atoms with Gasteiger partial charge in [0.15, 0.2) is 0 Å². The van der Waals surface area contributed by atoms with E-state index in [9.17, 15) is 0 Å². The third-order valence-corrected chi connectivity index (χ3v) is 17.6. The molecule has 0 fully saturated rings. The van der Waals surface area contributed by atoms with Crippen LogP contribution in [0.25, 0.3) is 151 Å². The number of benzene rings is 11. The molecule has 15 aromatic carbocycles. The fourth-order valence-electron chi connectivity index (χ4n) is 14.5. The van der Waals surface area contributed by atoms with Gasteiger partial charge in [-0.15, -0.1) is 0 Å². The molecule has 0 aromatic heterocycles. The SMILES string of the molecule is CC(C)c1c2c3cc(C(C)(C)C)cc4cc(C(C)(C)C)cc(c2c(C(C)C)c2c5ccc6c7ccc8c9c(ccc(c%10ccc(c12)c5c%106)c79)c1cc2cc(C(C)(C)C)cc5c6ccccc6c(c25)c18)c43. The van der Waals surface area contributed by atoms with Gasteiger partial charge in [0.05, 0.1) is 0 Å². The Morgan fingerprint density at radius 2 is 0.543 bits per heavy atom. The van der Waals surface area contributed by atoms with Crippen LogP contribution in [-0.2, 0) is 16.2 Å². The molecular formula is C70H60. The molecule has 340 valence electrons. The van der Waals surface area contributed by atoms with Crippen molar-refractivity contribution in [1.82, 2.24) is 0 Å². The van der Waals surface area contributed by atoms with Gasteiger partial charge in [-0.3, -0.25) is 0 Å². The van der Waals surface area contributed by atoms with Gasteiger partial charge < -0.3 is 0 Å². The highest BCUT2D eigenvalue weighted by atomic mass is 14.3. The van der Waals surface area contributed by atoms with Gasteiger partial charge in [-0.1, -0.05) is 181 Å². The lowest BCUT2D eigenvalue weighted by Gasteiger charge is -2.22. The molecule has 0 bridgehead atoms. The van der Waals surface area contributed by atoms with Gasteiger partial charge in [-0.25, -0.2) is 0 Å². The average Bonchev–Trinajstić information content (AvgIpc) is 4.03. The largest absolute Gasteiger partial charge is 0.0616 e. The normalized spacial score (nSPS) is 14.0. The molecule has 0 heterocycles. The molecule has 0 aliphatic heterocycles. The van der Waals surface area contributed by atoms with E-state index >= 15 is 0 Å². The Bertz CT molecular complexity index is 4610. The maximum absolute atomic E-state index is 2.58. The van der Waals surface area contributed by atoms with Gasteiger partial charge in [0.25, 0.3) is 0 Å². The molecule has 70 heavy (non-hydrogen) atoms. The van der Waals surface area contributed by atoms with Crippen LogP contribution in [0.1, 0.15) is 130 Å². The fourth-order valence-corrected chi connectivity index (χ4v) is 14.5. The minimum Gasteiger partial charge on any atom is -0.0616 e. The Balaban J connectivity index is 1.11. The summed E-state index contributed by atoms with van der Waals surface area (Å²) in [6.07, 6.45) is 0. The first-order valence-corrected chi connectivity index (χ1v) is 26.1. The van der Waals surface area contributed by atoms with Gasteiger partial charge in [0, 0.05) is 0 Å². The van der Waals surface area contributed by atoms with Crippen LogP contribution < -0.4 is 0 Å². The second-order valence-electron chi connectivity index (χ2n) is 25.5. The maximum atomic E-state index is 2.58. The molecule has 0 heteroatoms. The predicted octanol–water partition coefficient (Wildman–Crippen LogP) is 21.2. The third-order valence-electron chi connectivity index (χ3n) is 17.6. The first-order chi connectivity index (χ1) is 33.3. The molecule has 0 spiro atoms. The monoisotopic (exact) mass is 900 g/mol. The van der Waals surface area contributed by atoms with Gasteiger partial charge in [-0.05, 0) is 231 Å². The zero-order valence-electron chi connectivity index (χ0n) is 43.1. The van der Waals surface area contributed by atoms with Crippen LogP contribution in [0.2, 0.25) is 0 Å². The van der Waals surface area contributed by atoms with Crippen molar-refractivity contribution in [2.24, 2.45) is 0 Å². The quantitative estimate of drug-likeness (QED) is 0.120. The Morgan fingerprint density at radius 1 is 0.243 bits per heavy atom. The standard InChI is InChI=1S/C70H60/c1-33(2)54-64-48-24-21-44-42-18-19-46-50-29-36-28-37(68(5,6)7)30-51-40-16-14-15-17-41(40)63(57(36)51)62(50)47-23-20-43(58(42)60(46)47)45-22-25-49(61(48)59(44)45)65(64)55(34(3)4)67-53-32-39(70(11,12)13)27-35-26-38(69(8,9)10)31-52(56(35)53)66(54)67/h14-34H,1-13H3. The molecule has 0 saturated heterocycles. The number of hydrogen-bond donors (Lipinski definition) is 0. The van der Waals surface area contributed by atoms with E-state index in [0.717, 1.165) is 0 Å². The van der Waals surface area contributed by atoms with Crippen LogP contribution in [0.15, 0.2) is 115 Å². The number of hydrogen-bond acceptors (Lipinski definition) is 0. The Labute approximate surface area is 409 Å². The van der Waals surface area contributed by atoms with Crippen molar-refractivity contribution in [2.45, 2.75) is 118 Å². The smallest absolute Gasteiger partial charge is 0.000784 e. The van der Waals surface area contributed by atoms with E-state index in [1.54, 1.807) is 0 Å². The maximum Gasteiger partial charge on any atom is -0.000784 e. The highest BCUT2D eigenvalue weighted by Crippen LogP contribution is 2.58. The molecule has 0 aliphatic carbocycles. The van der Waals surface area contributed by atoms with Gasteiger partial charge in [0.2, 0.25) is 0 Å². The minimum absolute atomic E-state index is 0.0165. The van der Waals surface area contributed by atoms with Gasteiger partial charge in [0.1, 0.15) is 0 Å². The lowest BCUT2D eigenvalue weighted by Crippen LogP contribution is -2.12. The number of fused-ring (bicyclic) bond motifs is 15. The molecule has 15 rings (SSSR count). The van der Waals surface area contributed by atoms with Crippen molar-refractivity contribution in [3.8, 4) is 0 Å². The van der Waals surface area contributed by atoms with Gasteiger partial charge in [-0.2, -0.15) is 0 Å². The number of rotatable bonds is 2. The summed E-state index contributed by atoms with van der Waals surface area (Å²) >= 11 is 0. The second-order valence-corrected chi connectivity index (χ2v) is 25.5. The summed E-state index contributed by atoms with van der Waals surface area (Å²) in [7, 11) is 0. The van der Waals surface area contributed by atoms with E-state index in [1.807, 2.05) is 0 Å². The fraction of sp³-hybridized carbons (Fsp3) is 0.257. The zero-order valence-corrected chi connectivity index (χ0v) is 43.1. The van der Waals surface area contributed by atoms with Crippen LogP contribution in [-0.4, -0.2) is 0 Å². The van der Waals surface area contributed by atoms with Crippen molar-refractivity contribution in [3.63, 3.8) is 0 Å². The molecule has 0 nitrogen and oxygen atoms in total. The summed E-state index contributed by atoms with van der Waals surface area (Å²) in [4.78, 5) is 0. The lowest BCUT2D eigenvalue weighted by atomic mass is 9.82. The highest BCUT2D eigenvalue weighted by Gasteiger charge is 2.32. The molecule has 0 unspecified atom stereocenters. The molecular weight excluding hydrogens is 841 g/mol. The van der Waals surface area contributed by atoms with E-state index in [2.05, 4.69) is 205 Å². The Hall–Kier alpha value is -6.76. The van der Waals surface area contributed by atoms with Gasteiger partial charge >= 0.3 is 0 Å². The molecule has 0 saturated carbocycles. The van der Waals surface area contributed by atoms with Crippen LogP contribution in [0.5, 0.6) is 0 Å². The predicted molar refractivity (Wildman–Crippen MR) is 312 cm³/mol. The van der Waals surface area contributed by atoms with Crippen molar-refractivity contribution in [1.29, 1.82) is 0 Å². The first-order valence-electron chi connectivity index (χ1n) is 26.1. The third kappa shape index (κ3) is 4.84. The van der Waals surface area contributed by atoms with Crippen molar-refractivity contribution < 1.29 is 0 Å². The average molecular weight is 901 g/mol. The zero-order chi connectivity index (χ0) is 48.1. The Kier molecular flexibility index (Phi) is 7.49. The molecule has 0 aliphatic rings. The second kappa shape index (κ2) is 12.8. The van der Waals surface area contributed by atoms with Crippen LogP contribution in [0, 0.1) is 0 Å². The summed E-state index contributed by atoms with van der Waals surface area (Å²) in [5, 5.41) is 39.5. The molecule has 15 aromatic rings. The summed E-state index contributed by atoms with van der Waals surface area (Å²) in [6, 6.07) is 46.9. The van der Waals surface area contributed by atoms with E-state index < -0.39 is 0 Å². The van der Waals surface area contributed by atoms with Crippen LogP contribution in [0.3, 0.4) is 0 Å². The molecule has 0 amide bonds. The van der Waals surface area contributed by atoms with Crippen LogP contribution >= 0.6 is 0 Å². The molecule has 0 atom stereocenters. The van der Waals surface area contributed by atoms with E-state index in [0.29, 0.717) is 11.8 Å².